The number of urea groups is 1. The highest BCUT2D eigenvalue weighted by Gasteiger charge is 2.23. The van der Waals surface area contributed by atoms with Crippen LogP contribution < -0.4 is 10.9 Å². The van der Waals surface area contributed by atoms with Gasteiger partial charge in [0.05, 0.1) is 39.0 Å². The van der Waals surface area contributed by atoms with E-state index in [0.29, 0.717) is 37.6 Å². The second-order valence-electron chi connectivity index (χ2n) is 7.96. The van der Waals surface area contributed by atoms with Crippen molar-refractivity contribution in [2.45, 2.75) is 26.5 Å². The average Bonchev–Trinajstić information content (AvgIpc) is 2.76. The van der Waals surface area contributed by atoms with Gasteiger partial charge in [-0.15, -0.1) is 0 Å². The monoisotopic (exact) mass is 421 g/mol. The molecule has 162 valence electrons. The molecule has 1 saturated heterocycles. The highest BCUT2D eigenvalue weighted by Crippen LogP contribution is 2.16. The van der Waals surface area contributed by atoms with Gasteiger partial charge in [0.2, 0.25) is 0 Å². The van der Waals surface area contributed by atoms with Crippen LogP contribution in [0.5, 0.6) is 0 Å². The van der Waals surface area contributed by atoms with Gasteiger partial charge in [-0.05, 0) is 49.6 Å². The molecule has 2 N–H and O–H groups in total. The lowest BCUT2D eigenvalue weighted by Crippen LogP contribution is -2.44. The molecule has 31 heavy (non-hydrogen) atoms. The van der Waals surface area contributed by atoms with E-state index in [1.54, 1.807) is 4.90 Å². The van der Waals surface area contributed by atoms with Crippen LogP contribution >= 0.6 is 0 Å². The molecule has 7 heteroatoms. The second-order valence-corrected chi connectivity index (χ2v) is 7.96. The number of aromatic nitrogens is 1. The molecular weight excluding hydrogens is 394 g/mol. The maximum atomic E-state index is 13.1. The Hall–Kier alpha value is -3.16. The first kappa shape index (κ1) is 21.1. The van der Waals surface area contributed by atoms with Gasteiger partial charge in [-0.2, -0.15) is 0 Å². The van der Waals surface area contributed by atoms with E-state index < -0.39 is 0 Å². The molecule has 1 unspecified atom stereocenters. The number of carbonyl (C=O) groups is 1. The second kappa shape index (κ2) is 9.32. The maximum Gasteiger partial charge on any atom is 0.322 e. The van der Waals surface area contributed by atoms with Crippen LogP contribution in [0.1, 0.15) is 16.7 Å². The van der Waals surface area contributed by atoms with Crippen molar-refractivity contribution in [3.8, 4) is 0 Å². The lowest BCUT2D eigenvalue weighted by atomic mass is 10.1. The number of nitrogens with zero attached hydrogens (tertiary/aromatic N) is 1. The molecule has 4 rings (SSSR count). The van der Waals surface area contributed by atoms with Crippen molar-refractivity contribution in [1.29, 1.82) is 0 Å². The highest BCUT2D eigenvalue weighted by molar-refractivity contribution is 5.89. The van der Waals surface area contributed by atoms with Crippen molar-refractivity contribution < 1.29 is 14.3 Å². The topological polar surface area (TPSA) is 83.7 Å². The molecule has 2 heterocycles. The first-order chi connectivity index (χ1) is 15.0. The largest absolute Gasteiger partial charge is 0.376 e. The summed E-state index contributed by atoms with van der Waals surface area (Å²) in [5, 5.41) is 3.86. The SMILES string of the molecule is Cc1ccc(NC(=O)N(Cc2cc3cc(C)ccc3[nH]c2=O)CC2COCCO2)cc1. The highest BCUT2D eigenvalue weighted by atomic mass is 16.6. The van der Waals surface area contributed by atoms with Gasteiger partial charge in [0.15, 0.2) is 0 Å². The minimum atomic E-state index is -0.290. The molecule has 0 bridgehead atoms. The number of pyridine rings is 1. The number of ether oxygens (including phenoxy) is 2. The van der Waals surface area contributed by atoms with Gasteiger partial charge in [-0.1, -0.05) is 29.3 Å². The zero-order valence-electron chi connectivity index (χ0n) is 17.8. The van der Waals surface area contributed by atoms with Crippen LogP contribution in [0.3, 0.4) is 0 Å². The normalized spacial score (nSPS) is 16.3. The van der Waals surface area contributed by atoms with Crippen molar-refractivity contribution in [2.75, 3.05) is 31.7 Å². The quantitative estimate of drug-likeness (QED) is 0.659. The van der Waals surface area contributed by atoms with Crippen molar-refractivity contribution in [3.63, 3.8) is 0 Å². The summed E-state index contributed by atoms with van der Waals surface area (Å²) in [7, 11) is 0. The molecule has 1 fully saturated rings. The van der Waals surface area contributed by atoms with Gasteiger partial charge < -0.3 is 24.7 Å². The third kappa shape index (κ3) is 5.31. The van der Waals surface area contributed by atoms with Gasteiger partial charge in [0.25, 0.3) is 5.56 Å². The van der Waals surface area contributed by atoms with Gasteiger partial charge in [0.1, 0.15) is 0 Å². The Labute approximate surface area is 181 Å². The number of aryl methyl sites for hydroxylation is 2. The Balaban J connectivity index is 1.59. The minimum absolute atomic E-state index is 0.163. The first-order valence-corrected chi connectivity index (χ1v) is 10.4. The summed E-state index contributed by atoms with van der Waals surface area (Å²) in [4.78, 5) is 30.3. The maximum absolute atomic E-state index is 13.1. The Morgan fingerprint density at radius 1 is 1.10 bits per heavy atom. The summed E-state index contributed by atoms with van der Waals surface area (Å²) in [6.45, 7) is 5.95. The zero-order chi connectivity index (χ0) is 21.8. The van der Waals surface area contributed by atoms with Gasteiger partial charge in [0, 0.05) is 16.8 Å². The van der Waals surface area contributed by atoms with E-state index >= 15 is 0 Å². The molecule has 0 radical (unpaired) electrons. The number of H-pyrrole nitrogens is 1. The van der Waals surface area contributed by atoms with E-state index in [0.717, 1.165) is 22.0 Å². The summed E-state index contributed by atoms with van der Waals surface area (Å²) in [5.74, 6) is 0. The third-order valence-corrected chi connectivity index (χ3v) is 5.34. The molecule has 0 aliphatic carbocycles. The molecule has 1 aliphatic rings. The standard InChI is InChI=1S/C24H27N3O4/c1-16-3-6-20(7-4-16)25-24(29)27(14-21-15-30-9-10-31-21)13-19-12-18-11-17(2)5-8-22(18)26-23(19)28/h3-8,11-12,21H,9-10,13-15H2,1-2H3,(H,25,29)(H,26,28). The zero-order valence-corrected chi connectivity index (χ0v) is 17.8. The Bertz CT molecular complexity index is 1120. The molecule has 7 nitrogen and oxygen atoms in total. The Kier molecular flexibility index (Phi) is 6.34. The molecule has 0 spiro atoms. The van der Waals surface area contributed by atoms with Crippen molar-refractivity contribution in [3.05, 3.63) is 75.6 Å². The lowest BCUT2D eigenvalue weighted by molar-refractivity contribution is -0.0943. The molecule has 1 aromatic heterocycles. The number of fused-ring (bicyclic) bond motifs is 1. The predicted octanol–water partition coefficient (Wildman–Crippen LogP) is 3.59. The Morgan fingerprint density at radius 3 is 2.61 bits per heavy atom. The van der Waals surface area contributed by atoms with E-state index in [-0.39, 0.29) is 24.2 Å². The predicted molar refractivity (Wildman–Crippen MR) is 120 cm³/mol. The minimum Gasteiger partial charge on any atom is -0.376 e. The number of amides is 2. The Morgan fingerprint density at radius 2 is 1.87 bits per heavy atom. The van der Waals surface area contributed by atoms with Crippen LogP contribution in [0.15, 0.2) is 53.3 Å². The number of rotatable bonds is 5. The van der Waals surface area contributed by atoms with Crippen molar-refractivity contribution in [2.24, 2.45) is 0 Å². The fourth-order valence-corrected chi connectivity index (χ4v) is 3.64. The summed E-state index contributed by atoms with van der Waals surface area (Å²) >= 11 is 0. The fraction of sp³-hybridized carbons (Fsp3) is 0.333. The van der Waals surface area contributed by atoms with Crippen LogP contribution in [0.2, 0.25) is 0 Å². The van der Waals surface area contributed by atoms with Crippen LogP contribution in [0.25, 0.3) is 10.9 Å². The summed E-state index contributed by atoms with van der Waals surface area (Å²) in [5.41, 5.74) is 4.01. The number of anilines is 1. The van der Waals surface area contributed by atoms with E-state index in [1.165, 1.54) is 0 Å². The molecule has 2 amide bonds. The summed E-state index contributed by atoms with van der Waals surface area (Å²) < 4.78 is 11.2. The number of carbonyl (C=O) groups excluding carboxylic acids is 1. The third-order valence-electron chi connectivity index (χ3n) is 5.34. The number of nitrogens with one attached hydrogen (secondary N) is 2. The summed E-state index contributed by atoms with van der Waals surface area (Å²) in [6.07, 6.45) is -0.237. The number of benzene rings is 2. The first-order valence-electron chi connectivity index (χ1n) is 10.4. The summed E-state index contributed by atoms with van der Waals surface area (Å²) in [6, 6.07) is 15.0. The van der Waals surface area contributed by atoms with Crippen molar-refractivity contribution in [1.82, 2.24) is 9.88 Å². The van der Waals surface area contributed by atoms with E-state index in [4.69, 9.17) is 9.47 Å². The van der Waals surface area contributed by atoms with Crippen LogP contribution in [0, 0.1) is 13.8 Å². The van der Waals surface area contributed by atoms with Gasteiger partial charge >= 0.3 is 6.03 Å². The smallest absolute Gasteiger partial charge is 0.322 e. The van der Waals surface area contributed by atoms with E-state index in [9.17, 15) is 9.59 Å². The van der Waals surface area contributed by atoms with Gasteiger partial charge in [-0.25, -0.2) is 4.79 Å². The molecule has 1 aliphatic heterocycles. The molecule has 0 saturated carbocycles. The van der Waals surface area contributed by atoms with Gasteiger partial charge in [-0.3, -0.25) is 4.79 Å². The average molecular weight is 421 g/mol. The van der Waals surface area contributed by atoms with E-state index in [2.05, 4.69) is 10.3 Å². The van der Waals surface area contributed by atoms with E-state index in [1.807, 2.05) is 62.4 Å². The molecular formula is C24H27N3O4. The molecule has 3 aromatic rings. The number of hydrogen-bond donors (Lipinski definition) is 2. The van der Waals surface area contributed by atoms with Crippen LogP contribution in [-0.2, 0) is 16.0 Å². The molecule has 2 aromatic carbocycles. The number of hydrogen-bond acceptors (Lipinski definition) is 4. The lowest BCUT2D eigenvalue weighted by Gasteiger charge is -2.30. The van der Waals surface area contributed by atoms with Crippen LogP contribution in [0.4, 0.5) is 10.5 Å². The van der Waals surface area contributed by atoms with Crippen molar-refractivity contribution >= 4 is 22.6 Å². The molecule has 1 atom stereocenters. The number of aromatic amines is 1. The fourth-order valence-electron chi connectivity index (χ4n) is 3.64. The van der Waals surface area contributed by atoms with Crippen LogP contribution in [-0.4, -0.2) is 48.4 Å².